The number of benzene rings is 2. The molecule has 29 heavy (non-hydrogen) atoms. The molecular weight excluding hydrogens is 366 g/mol. The summed E-state index contributed by atoms with van der Waals surface area (Å²) in [5, 5.41) is 2.61. The Morgan fingerprint density at radius 3 is 2.24 bits per heavy atom. The van der Waals surface area contributed by atoms with Gasteiger partial charge in [-0.15, -0.1) is 0 Å². The minimum Gasteiger partial charge on any atom is -0.467 e. The van der Waals surface area contributed by atoms with Crippen LogP contribution in [0, 0.1) is 23.7 Å². The number of hydrogen-bond acceptors (Lipinski definition) is 5. The van der Waals surface area contributed by atoms with Crippen molar-refractivity contribution in [2.24, 2.45) is 5.73 Å². The van der Waals surface area contributed by atoms with E-state index < -0.39 is 23.5 Å². The second-order valence-corrected chi connectivity index (χ2v) is 6.92. The maximum Gasteiger partial charge on any atom is 0.330 e. The van der Waals surface area contributed by atoms with Gasteiger partial charge in [-0.2, -0.15) is 0 Å². The van der Waals surface area contributed by atoms with E-state index in [9.17, 15) is 9.59 Å². The lowest BCUT2D eigenvalue weighted by Crippen LogP contribution is -2.59. The molecule has 0 bridgehead atoms. The van der Waals surface area contributed by atoms with Gasteiger partial charge in [-0.05, 0) is 62.1 Å². The van der Waals surface area contributed by atoms with Crippen LogP contribution in [0.2, 0.25) is 0 Å². The predicted octanol–water partition coefficient (Wildman–Crippen LogP) is 1.68. The fourth-order valence-corrected chi connectivity index (χ4v) is 2.40. The first-order valence-electron chi connectivity index (χ1n) is 8.86. The van der Waals surface area contributed by atoms with Crippen molar-refractivity contribution in [3.8, 4) is 23.7 Å². The molecule has 2 aromatic carbocycles. The number of nitrogens with two attached hydrogens (primary N) is 2. The van der Waals surface area contributed by atoms with Gasteiger partial charge in [-0.3, -0.25) is 4.79 Å². The second kappa shape index (κ2) is 9.45. The van der Waals surface area contributed by atoms with E-state index in [0.29, 0.717) is 16.8 Å². The molecule has 148 valence electrons. The normalized spacial score (nSPS) is 11.2. The Morgan fingerprint density at radius 1 is 1.03 bits per heavy atom. The third kappa shape index (κ3) is 6.14. The van der Waals surface area contributed by atoms with Crippen LogP contribution in [0.3, 0.4) is 0 Å². The topological polar surface area (TPSA) is 107 Å². The average Bonchev–Trinajstić information content (AvgIpc) is 2.69. The number of nitrogen functional groups attached to an aromatic ring is 1. The molecule has 0 saturated carbocycles. The molecule has 0 spiro atoms. The highest BCUT2D eigenvalue weighted by atomic mass is 16.5. The van der Waals surface area contributed by atoms with Crippen LogP contribution in [0.25, 0.3) is 0 Å². The Morgan fingerprint density at radius 2 is 1.66 bits per heavy atom. The fraction of sp³-hybridized carbons (Fsp3) is 0.217. The minimum absolute atomic E-state index is 0.372. The van der Waals surface area contributed by atoms with Crippen molar-refractivity contribution in [3.63, 3.8) is 0 Å². The lowest BCUT2D eigenvalue weighted by Gasteiger charge is -2.28. The number of carbonyl (C=O) groups excluding carboxylic acids is 2. The highest BCUT2D eigenvalue weighted by Gasteiger charge is 2.34. The van der Waals surface area contributed by atoms with E-state index in [0.717, 1.165) is 5.56 Å². The Balaban J connectivity index is 2.08. The van der Waals surface area contributed by atoms with E-state index in [1.807, 2.05) is 18.2 Å². The van der Waals surface area contributed by atoms with Gasteiger partial charge in [-0.25, -0.2) is 4.79 Å². The summed E-state index contributed by atoms with van der Waals surface area (Å²) >= 11 is 0. The van der Waals surface area contributed by atoms with Gasteiger partial charge >= 0.3 is 5.97 Å². The first kappa shape index (κ1) is 21.6. The largest absolute Gasteiger partial charge is 0.467 e. The average molecular weight is 389 g/mol. The van der Waals surface area contributed by atoms with Crippen LogP contribution in [-0.2, 0) is 9.53 Å². The molecule has 1 atom stereocenters. The van der Waals surface area contributed by atoms with Crippen LogP contribution in [0.4, 0.5) is 5.69 Å². The molecule has 0 saturated heterocycles. The van der Waals surface area contributed by atoms with Crippen molar-refractivity contribution >= 4 is 17.6 Å². The van der Waals surface area contributed by atoms with Crippen molar-refractivity contribution < 1.29 is 14.3 Å². The van der Waals surface area contributed by atoms with Crippen molar-refractivity contribution in [1.82, 2.24) is 5.32 Å². The third-order valence-electron chi connectivity index (χ3n) is 4.03. The zero-order valence-corrected chi connectivity index (χ0v) is 16.6. The summed E-state index contributed by atoms with van der Waals surface area (Å²) in [5.41, 5.74) is 13.2. The Kier molecular flexibility index (Phi) is 7.03. The Hall–Kier alpha value is -3.74. The summed E-state index contributed by atoms with van der Waals surface area (Å²) in [7, 11) is 1.25. The number of methoxy groups -OCH3 is 1. The summed E-state index contributed by atoms with van der Waals surface area (Å²) in [6.45, 7) is 3.27. The predicted molar refractivity (Wildman–Crippen MR) is 113 cm³/mol. The molecule has 0 radical (unpaired) electrons. The van der Waals surface area contributed by atoms with Gasteiger partial charge in [0, 0.05) is 27.9 Å². The van der Waals surface area contributed by atoms with Crippen molar-refractivity contribution in [3.05, 3.63) is 65.2 Å². The number of hydrogen-bond donors (Lipinski definition) is 3. The maximum atomic E-state index is 12.4. The number of esters is 1. The molecule has 0 unspecified atom stereocenters. The lowest BCUT2D eigenvalue weighted by atomic mass is 9.95. The molecular formula is C23H23N3O3. The van der Waals surface area contributed by atoms with Gasteiger partial charge in [-0.1, -0.05) is 24.0 Å². The van der Waals surface area contributed by atoms with Crippen LogP contribution < -0.4 is 16.8 Å². The summed E-state index contributed by atoms with van der Waals surface area (Å²) < 4.78 is 4.72. The highest BCUT2D eigenvalue weighted by molar-refractivity contribution is 5.97. The smallest absolute Gasteiger partial charge is 0.330 e. The van der Waals surface area contributed by atoms with E-state index in [1.165, 1.54) is 7.11 Å². The first-order valence-corrected chi connectivity index (χ1v) is 8.86. The van der Waals surface area contributed by atoms with Crippen molar-refractivity contribution in [2.45, 2.75) is 25.4 Å². The molecule has 0 aliphatic carbocycles. The summed E-state index contributed by atoms with van der Waals surface area (Å²) in [6.07, 6.45) is 0. The van der Waals surface area contributed by atoms with Crippen LogP contribution in [-0.4, -0.2) is 30.6 Å². The van der Waals surface area contributed by atoms with E-state index in [-0.39, 0.29) is 0 Å². The van der Waals surface area contributed by atoms with Gasteiger partial charge in [0.15, 0.2) is 0 Å². The van der Waals surface area contributed by atoms with E-state index >= 15 is 0 Å². The highest BCUT2D eigenvalue weighted by Crippen LogP contribution is 2.10. The Bertz CT molecular complexity index is 1010. The van der Waals surface area contributed by atoms with Gasteiger partial charge in [0.05, 0.1) is 7.11 Å². The number of rotatable bonds is 4. The van der Waals surface area contributed by atoms with Crippen molar-refractivity contribution in [2.75, 3.05) is 12.8 Å². The first-order chi connectivity index (χ1) is 13.7. The molecule has 0 heterocycles. The standard InChI is InChI=1S/C23H23N3O3/c1-23(2,25)20(22(28)29-3)26-21(27)18-14-12-16(13-15-18)8-4-5-9-17-10-6-7-11-19(17)24/h6-7,10-15,20H,24-25H2,1-3H3,(H,26,27)/t20-/m1/s1. The molecule has 1 amide bonds. The summed E-state index contributed by atoms with van der Waals surface area (Å²) in [6, 6.07) is 12.9. The van der Waals surface area contributed by atoms with Crippen LogP contribution in [0.1, 0.15) is 35.3 Å². The zero-order chi connectivity index (χ0) is 21.4. The molecule has 0 aliphatic heterocycles. The number of anilines is 1. The molecule has 0 fully saturated rings. The van der Waals surface area contributed by atoms with E-state index in [2.05, 4.69) is 29.0 Å². The van der Waals surface area contributed by atoms with E-state index in [4.69, 9.17) is 16.2 Å². The minimum atomic E-state index is -0.977. The molecule has 0 aliphatic rings. The van der Waals surface area contributed by atoms with Crippen molar-refractivity contribution in [1.29, 1.82) is 0 Å². The van der Waals surface area contributed by atoms with Crippen LogP contribution >= 0.6 is 0 Å². The lowest BCUT2D eigenvalue weighted by molar-refractivity contribution is -0.144. The number of nitrogens with one attached hydrogen (secondary N) is 1. The third-order valence-corrected chi connectivity index (χ3v) is 4.03. The van der Waals surface area contributed by atoms with E-state index in [1.54, 1.807) is 44.2 Å². The second-order valence-electron chi connectivity index (χ2n) is 6.92. The van der Waals surface area contributed by atoms with Crippen LogP contribution in [0.5, 0.6) is 0 Å². The van der Waals surface area contributed by atoms with Gasteiger partial charge in [0.1, 0.15) is 6.04 Å². The SMILES string of the molecule is COC(=O)[C@@H](NC(=O)c1ccc(C#CC#Cc2ccccc2N)cc1)C(C)(C)N. The number of amides is 1. The Labute approximate surface area is 170 Å². The molecule has 0 aromatic heterocycles. The maximum absolute atomic E-state index is 12.4. The monoisotopic (exact) mass is 389 g/mol. The number of carbonyl (C=O) groups is 2. The fourth-order valence-electron chi connectivity index (χ4n) is 2.40. The summed E-state index contributed by atoms with van der Waals surface area (Å²) in [5.74, 6) is 10.3. The van der Waals surface area contributed by atoms with Crippen LogP contribution in [0.15, 0.2) is 48.5 Å². The number of para-hydroxylation sites is 1. The van der Waals surface area contributed by atoms with Gasteiger partial charge in [0.25, 0.3) is 5.91 Å². The summed E-state index contributed by atoms with van der Waals surface area (Å²) in [4.78, 5) is 24.3. The van der Waals surface area contributed by atoms with Gasteiger partial charge < -0.3 is 21.5 Å². The zero-order valence-electron chi connectivity index (χ0n) is 16.6. The molecule has 2 aromatic rings. The molecule has 2 rings (SSSR count). The van der Waals surface area contributed by atoms with Gasteiger partial charge in [0.2, 0.25) is 0 Å². The molecule has 6 heteroatoms. The number of ether oxygens (including phenoxy) is 1. The molecule has 5 N–H and O–H groups in total. The quantitative estimate of drug-likeness (QED) is 0.419. The molecule has 6 nitrogen and oxygen atoms in total.